The molecule has 0 aliphatic carbocycles. The molecule has 2 aliphatic heterocycles. The van der Waals surface area contributed by atoms with Crippen molar-refractivity contribution in [3.63, 3.8) is 0 Å². The molecule has 2 heterocycles. The number of fused-ring (bicyclic) bond motifs is 1. The summed E-state index contributed by atoms with van der Waals surface area (Å²) in [6, 6.07) is 4.66. The summed E-state index contributed by atoms with van der Waals surface area (Å²) < 4.78 is 67.3. The maximum Gasteiger partial charge on any atom is 0.243 e. The Hall–Kier alpha value is -1.03. The highest BCUT2D eigenvalue weighted by Crippen LogP contribution is 2.31. The fourth-order valence-electron chi connectivity index (χ4n) is 2.98. The normalized spacial score (nSPS) is 26.5. The van der Waals surface area contributed by atoms with Crippen LogP contribution < -0.4 is 4.74 Å². The Balaban J connectivity index is 1.77. The molecule has 0 aromatic heterocycles. The molecule has 1 fully saturated rings. The quantitative estimate of drug-likeness (QED) is 0.741. The fraction of sp³-hybridized carbons (Fsp3) is 0.571. The predicted octanol–water partition coefficient (Wildman–Crippen LogP) is 0.849. The molecule has 6 nitrogen and oxygen atoms in total. The second-order valence-corrected chi connectivity index (χ2v) is 8.64. The first-order valence-corrected chi connectivity index (χ1v) is 10.0. The van der Waals surface area contributed by atoms with Gasteiger partial charge in [-0.25, -0.2) is 12.8 Å². The average molecular weight is 362 g/mol. The summed E-state index contributed by atoms with van der Waals surface area (Å²) in [5.41, 5.74) is 0.833. The molecule has 3 rings (SSSR count). The first-order valence-electron chi connectivity index (χ1n) is 7.34. The monoisotopic (exact) mass is 362 g/mol. The molecule has 23 heavy (non-hydrogen) atoms. The average Bonchev–Trinajstić information content (AvgIpc) is 2.96. The smallest absolute Gasteiger partial charge is 0.243 e. The molecule has 0 radical (unpaired) electrons. The van der Waals surface area contributed by atoms with Crippen molar-refractivity contribution in [2.75, 3.05) is 25.4 Å². The van der Waals surface area contributed by atoms with Crippen LogP contribution in [0.1, 0.15) is 12.0 Å². The summed E-state index contributed by atoms with van der Waals surface area (Å²) in [5, 5.41) is 0. The molecule has 1 aromatic rings. The summed E-state index contributed by atoms with van der Waals surface area (Å²) in [6.45, 7) is 0.346. The molecule has 9 heteroatoms. The number of alkyl halides is 1. The van der Waals surface area contributed by atoms with E-state index in [0.29, 0.717) is 18.8 Å². The van der Waals surface area contributed by atoms with E-state index in [9.17, 15) is 21.6 Å². The zero-order valence-corrected chi connectivity index (χ0v) is 13.9. The second kappa shape index (κ2) is 6.46. The summed E-state index contributed by atoms with van der Waals surface area (Å²) in [5.74, 6) is -0.234. The number of sulfonamides is 1. The van der Waals surface area contributed by atoms with E-state index in [1.165, 1.54) is 6.07 Å². The van der Waals surface area contributed by atoms with E-state index in [1.807, 2.05) is 0 Å². The van der Waals surface area contributed by atoms with Crippen molar-refractivity contribution in [1.29, 1.82) is 0 Å². The van der Waals surface area contributed by atoms with Gasteiger partial charge in [0.1, 0.15) is 11.9 Å². The van der Waals surface area contributed by atoms with Crippen molar-refractivity contribution in [3.8, 4) is 5.75 Å². The lowest BCUT2D eigenvalue weighted by atomic mass is 9.98. The molecule has 1 aromatic carbocycles. The Labute approximate surface area is 137 Å². The van der Waals surface area contributed by atoms with Gasteiger partial charge in [0, 0.05) is 31.2 Å². The van der Waals surface area contributed by atoms with Gasteiger partial charge in [-0.1, -0.05) is 11.1 Å². The van der Waals surface area contributed by atoms with Crippen LogP contribution in [0.15, 0.2) is 23.1 Å². The van der Waals surface area contributed by atoms with E-state index in [-0.39, 0.29) is 30.2 Å². The SMILES string of the molecule is O=S([O-])CC1CCN(S(=O)(=O)c2ccc3c(c2)CCO3)C[C@@H]1F. The maximum atomic E-state index is 14.1. The number of hydrogen-bond acceptors (Lipinski definition) is 5. The highest BCUT2D eigenvalue weighted by Gasteiger charge is 2.36. The minimum absolute atomic E-state index is 0.123. The molecular weight excluding hydrogens is 345 g/mol. The van der Waals surface area contributed by atoms with Crippen molar-refractivity contribution in [3.05, 3.63) is 23.8 Å². The van der Waals surface area contributed by atoms with E-state index in [4.69, 9.17) is 4.74 Å². The fourth-order valence-corrected chi connectivity index (χ4v) is 5.22. The summed E-state index contributed by atoms with van der Waals surface area (Å²) >= 11 is -2.32. The third-order valence-corrected chi connectivity index (χ3v) is 6.85. The van der Waals surface area contributed by atoms with E-state index in [2.05, 4.69) is 0 Å². The lowest BCUT2D eigenvalue weighted by molar-refractivity contribution is 0.145. The van der Waals surface area contributed by atoms with Gasteiger partial charge in [-0.2, -0.15) is 4.31 Å². The molecule has 0 amide bonds. The molecular formula is C14H17FNO5S2-. The zero-order chi connectivity index (χ0) is 16.6. The molecule has 1 saturated heterocycles. The Morgan fingerprint density at radius 3 is 2.91 bits per heavy atom. The number of rotatable bonds is 4. The summed E-state index contributed by atoms with van der Waals surface area (Å²) in [6.07, 6.45) is -0.626. The third-order valence-electron chi connectivity index (χ3n) is 4.29. The minimum Gasteiger partial charge on any atom is -0.772 e. The number of ether oxygens (including phenoxy) is 1. The van der Waals surface area contributed by atoms with E-state index < -0.39 is 33.2 Å². The van der Waals surface area contributed by atoms with Gasteiger partial charge in [0.05, 0.1) is 11.5 Å². The van der Waals surface area contributed by atoms with Crippen LogP contribution in [0.25, 0.3) is 0 Å². The van der Waals surface area contributed by atoms with Crippen LogP contribution in [0, 0.1) is 5.92 Å². The predicted molar refractivity (Wildman–Crippen MR) is 81.2 cm³/mol. The van der Waals surface area contributed by atoms with Gasteiger partial charge in [-0.15, -0.1) is 0 Å². The van der Waals surface area contributed by atoms with E-state index in [0.717, 1.165) is 9.87 Å². The van der Waals surface area contributed by atoms with Crippen molar-refractivity contribution in [2.45, 2.75) is 23.9 Å². The van der Waals surface area contributed by atoms with Crippen LogP contribution in [0.3, 0.4) is 0 Å². The van der Waals surface area contributed by atoms with Crippen LogP contribution in [0.4, 0.5) is 4.39 Å². The Morgan fingerprint density at radius 1 is 1.43 bits per heavy atom. The summed E-state index contributed by atoms with van der Waals surface area (Å²) in [7, 11) is -3.78. The molecule has 0 N–H and O–H groups in total. The van der Waals surface area contributed by atoms with Crippen LogP contribution in [-0.2, 0) is 27.5 Å². The molecule has 3 atom stereocenters. The number of nitrogens with zero attached hydrogens (tertiary/aromatic N) is 1. The highest BCUT2D eigenvalue weighted by atomic mass is 32.2. The summed E-state index contributed by atoms with van der Waals surface area (Å²) in [4.78, 5) is 0.125. The molecule has 2 unspecified atom stereocenters. The van der Waals surface area contributed by atoms with Gasteiger partial charge in [0.2, 0.25) is 10.0 Å². The Kier molecular flexibility index (Phi) is 4.73. The lowest BCUT2D eigenvalue weighted by Gasteiger charge is -2.34. The molecule has 128 valence electrons. The third kappa shape index (κ3) is 3.42. The maximum absolute atomic E-state index is 14.1. The first kappa shape index (κ1) is 16.8. The van der Waals surface area contributed by atoms with Gasteiger partial charge < -0.3 is 9.29 Å². The van der Waals surface area contributed by atoms with Gasteiger partial charge in [-0.05, 0) is 30.2 Å². The largest absolute Gasteiger partial charge is 0.772 e. The van der Waals surface area contributed by atoms with E-state index >= 15 is 0 Å². The molecule has 0 spiro atoms. The van der Waals surface area contributed by atoms with Crippen molar-refractivity contribution < 1.29 is 26.3 Å². The second-order valence-electron chi connectivity index (χ2n) is 5.77. The van der Waals surface area contributed by atoms with Crippen molar-refractivity contribution in [1.82, 2.24) is 4.31 Å². The van der Waals surface area contributed by atoms with Gasteiger partial charge >= 0.3 is 0 Å². The zero-order valence-electron chi connectivity index (χ0n) is 12.3. The minimum atomic E-state index is -3.78. The number of halogens is 1. The van der Waals surface area contributed by atoms with Gasteiger partial charge in [0.15, 0.2) is 0 Å². The molecule has 2 aliphatic rings. The Bertz CT molecular complexity index is 724. The van der Waals surface area contributed by atoms with Crippen molar-refractivity contribution >= 4 is 21.1 Å². The van der Waals surface area contributed by atoms with Crippen LogP contribution in [0.2, 0.25) is 0 Å². The van der Waals surface area contributed by atoms with Crippen LogP contribution in [0.5, 0.6) is 5.75 Å². The van der Waals surface area contributed by atoms with Gasteiger partial charge in [-0.3, -0.25) is 4.21 Å². The number of benzene rings is 1. The van der Waals surface area contributed by atoms with Crippen LogP contribution in [-0.4, -0.2) is 53.1 Å². The Morgan fingerprint density at radius 2 is 2.22 bits per heavy atom. The topological polar surface area (TPSA) is 86.7 Å². The molecule has 0 bridgehead atoms. The van der Waals surface area contributed by atoms with Crippen molar-refractivity contribution in [2.24, 2.45) is 5.92 Å². The highest BCUT2D eigenvalue weighted by molar-refractivity contribution is 7.89. The number of piperidine rings is 1. The lowest BCUT2D eigenvalue weighted by Crippen LogP contribution is -2.46. The van der Waals surface area contributed by atoms with E-state index in [1.54, 1.807) is 12.1 Å². The van der Waals surface area contributed by atoms with Gasteiger partial charge in [0.25, 0.3) is 0 Å². The standard InChI is InChI=1S/C14H18FNO5S2/c15-13-8-16(5-3-11(13)9-22(17)18)23(19,20)12-1-2-14-10(7-12)4-6-21-14/h1-2,7,11,13H,3-6,8-9H2,(H,17,18)/p-1/t11?,13-/m0/s1. The van der Waals surface area contributed by atoms with Crippen LogP contribution >= 0.6 is 0 Å². The molecule has 0 saturated carbocycles. The first-order chi connectivity index (χ1) is 10.9. The number of hydrogen-bond donors (Lipinski definition) is 0.